The molecule has 0 saturated carbocycles. The Kier molecular flexibility index (Phi) is 3.72. The molecule has 21 heavy (non-hydrogen) atoms. The maximum atomic E-state index is 5.53. The number of hydrogen-bond acceptors (Lipinski definition) is 6. The highest BCUT2D eigenvalue weighted by atomic mass is 16.5. The summed E-state index contributed by atoms with van der Waals surface area (Å²) in [5, 5.41) is 16.1. The van der Waals surface area contributed by atoms with Gasteiger partial charge < -0.3 is 4.74 Å². The Labute approximate surface area is 121 Å². The first-order chi connectivity index (χ1) is 10.4. The van der Waals surface area contributed by atoms with Gasteiger partial charge in [0.25, 0.3) is 0 Å². The molecule has 0 unspecified atom stereocenters. The molecule has 0 aliphatic rings. The van der Waals surface area contributed by atoms with Gasteiger partial charge in [0.05, 0.1) is 12.8 Å². The zero-order chi connectivity index (χ0) is 14.5. The molecule has 2 heterocycles. The smallest absolute Gasteiger partial charge is 0.177 e. The Morgan fingerprint density at radius 3 is 3.10 bits per heavy atom. The lowest BCUT2D eigenvalue weighted by Gasteiger charge is -2.05. The third-order valence-corrected chi connectivity index (χ3v) is 2.76. The lowest BCUT2D eigenvalue weighted by molar-refractivity contribution is 0.340. The molecule has 0 saturated heterocycles. The van der Waals surface area contributed by atoms with Crippen LogP contribution >= 0.6 is 0 Å². The highest BCUT2D eigenvalue weighted by molar-refractivity contribution is 5.83. The molecular formula is C14H14N6O. The second kappa shape index (κ2) is 6.00. The van der Waals surface area contributed by atoms with E-state index < -0.39 is 0 Å². The van der Waals surface area contributed by atoms with Crippen LogP contribution in [-0.2, 0) is 0 Å². The molecule has 0 amide bonds. The van der Waals surface area contributed by atoms with Crippen LogP contribution in [0.2, 0.25) is 0 Å². The van der Waals surface area contributed by atoms with E-state index in [4.69, 9.17) is 4.74 Å². The number of benzene rings is 1. The molecule has 0 bridgehead atoms. The fourth-order valence-corrected chi connectivity index (χ4v) is 1.83. The molecule has 3 aromatic rings. The lowest BCUT2D eigenvalue weighted by atomic mass is 10.2. The summed E-state index contributed by atoms with van der Waals surface area (Å²) in [6.07, 6.45) is 3.23. The van der Waals surface area contributed by atoms with Crippen molar-refractivity contribution in [3.05, 3.63) is 48.3 Å². The van der Waals surface area contributed by atoms with Crippen molar-refractivity contribution in [2.75, 3.05) is 12.0 Å². The van der Waals surface area contributed by atoms with Crippen molar-refractivity contribution in [1.82, 2.24) is 19.8 Å². The largest absolute Gasteiger partial charge is 0.493 e. The standard InChI is InChI=1S/C14H14N6O/c1-2-21-12-6-4-3-5-11(12)9-15-17-13-7-8-14-18-16-10-20(14)19-13/h3-10H,2H2,1H3,(H,17,19)/b15-9+. The zero-order valence-corrected chi connectivity index (χ0v) is 11.5. The van der Waals surface area contributed by atoms with Crippen molar-refractivity contribution in [2.24, 2.45) is 5.10 Å². The van der Waals surface area contributed by atoms with E-state index in [0.717, 1.165) is 11.3 Å². The normalized spacial score (nSPS) is 11.1. The number of ether oxygens (including phenoxy) is 1. The molecule has 3 rings (SSSR count). The molecule has 106 valence electrons. The monoisotopic (exact) mass is 282 g/mol. The van der Waals surface area contributed by atoms with Gasteiger partial charge in [0.1, 0.15) is 12.1 Å². The van der Waals surface area contributed by atoms with Gasteiger partial charge in [-0.3, -0.25) is 5.43 Å². The summed E-state index contributed by atoms with van der Waals surface area (Å²) in [7, 11) is 0. The summed E-state index contributed by atoms with van der Waals surface area (Å²) in [4.78, 5) is 0. The Hall–Kier alpha value is -2.96. The van der Waals surface area contributed by atoms with E-state index in [9.17, 15) is 0 Å². The van der Waals surface area contributed by atoms with Crippen molar-refractivity contribution in [3.63, 3.8) is 0 Å². The van der Waals surface area contributed by atoms with Crippen LogP contribution < -0.4 is 10.2 Å². The average molecular weight is 282 g/mol. The first-order valence-corrected chi connectivity index (χ1v) is 6.55. The second-order valence-electron chi connectivity index (χ2n) is 4.19. The van der Waals surface area contributed by atoms with E-state index in [1.54, 1.807) is 16.8 Å². The summed E-state index contributed by atoms with van der Waals surface area (Å²) in [6, 6.07) is 11.3. The molecule has 2 aromatic heterocycles. The van der Waals surface area contributed by atoms with Crippen LogP contribution in [0.1, 0.15) is 12.5 Å². The number of para-hydroxylation sites is 1. The van der Waals surface area contributed by atoms with Crippen LogP contribution in [0.3, 0.4) is 0 Å². The Morgan fingerprint density at radius 2 is 2.19 bits per heavy atom. The molecule has 0 spiro atoms. The Bertz CT molecular complexity index is 767. The maximum Gasteiger partial charge on any atom is 0.177 e. The summed E-state index contributed by atoms with van der Waals surface area (Å²) in [5.41, 5.74) is 4.46. The molecule has 0 aliphatic heterocycles. The van der Waals surface area contributed by atoms with Crippen LogP contribution in [0.25, 0.3) is 5.65 Å². The second-order valence-corrected chi connectivity index (χ2v) is 4.19. The summed E-state index contributed by atoms with van der Waals surface area (Å²) >= 11 is 0. The third-order valence-electron chi connectivity index (χ3n) is 2.76. The third kappa shape index (κ3) is 2.97. The molecule has 0 atom stereocenters. The Morgan fingerprint density at radius 1 is 1.29 bits per heavy atom. The van der Waals surface area contributed by atoms with Gasteiger partial charge in [-0.1, -0.05) is 12.1 Å². The minimum absolute atomic E-state index is 0.604. The van der Waals surface area contributed by atoms with Crippen molar-refractivity contribution >= 4 is 17.7 Å². The minimum atomic E-state index is 0.604. The van der Waals surface area contributed by atoms with Gasteiger partial charge >= 0.3 is 0 Å². The molecular weight excluding hydrogens is 268 g/mol. The van der Waals surface area contributed by atoms with Crippen molar-refractivity contribution in [1.29, 1.82) is 0 Å². The van der Waals surface area contributed by atoms with Crippen molar-refractivity contribution in [3.8, 4) is 5.75 Å². The van der Waals surface area contributed by atoms with Gasteiger partial charge in [0, 0.05) is 5.56 Å². The molecule has 0 radical (unpaired) electrons. The van der Waals surface area contributed by atoms with E-state index in [0.29, 0.717) is 18.1 Å². The molecule has 1 N–H and O–H groups in total. The van der Waals surface area contributed by atoms with Crippen LogP contribution in [0.4, 0.5) is 5.82 Å². The molecule has 7 heteroatoms. The van der Waals surface area contributed by atoms with E-state index in [-0.39, 0.29) is 0 Å². The van der Waals surface area contributed by atoms with Crippen LogP contribution in [0, 0.1) is 0 Å². The topological polar surface area (TPSA) is 76.7 Å². The van der Waals surface area contributed by atoms with Crippen LogP contribution in [0.5, 0.6) is 5.75 Å². The highest BCUT2D eigenvalue weighted by Gasteiger charge is 2.00. The number of nitrogens with zero attached hydrogens (tertiary/aromatic N) is 5. The van der Waals surface area contributed by atoms with E-state index in [1.807, 2.05) is 37.3 Å². The van der Waals surface area contributed by atoms with Gasteiger partial charge in [0.15, 0.2) is 11.5 Å². The lowest BCUT2D eigenvalue weighted by Crippen LogP contribution is -1.99. The summed E-state index contributed by atoms with van der Waals surface area (Å²) in [5.74, 6) is 1.40. The van der Waals surface area contributed by atoms with Gasteiger partial charge in [0.2, 0.25) is 0 Å². The first kappa shape index (κ1) is 13.0. The highest BCUT2D eigenvalue weighted by Crippen LogP contribution is 2.15. The van der Waals surface area contributed by atoms with Crippen LogP contribution in [0.15, 0.2) is 47.8 Å². The SMILES string of the molecule is CCOc1ccccc1/C=N/Nc1ccc2nncn2n1. The predicted octanol–water partition coefficient (Wildman–Crippen LogP) is 1.97. The summed E-state index contributed by atoms with van der Waals surface area (Å²) in [6.45, 7) is 2.56. The van der Waals surface area contributed by atoms with Crippen molar-refractivity contribution < 1.29 is 4.74 Å². The Balaban J connectivity index is 1.74. The molecule has 1 aromatic carbocycles. The fourth-order valence-electron chi connectivity index (χ4n) is 1.83. The molecule has 0 fully saturated rings. The number of rotatable bonds is 5. The van der Waals surface area contributed by atoms with E-state index in [2.05, 4.69) is 25.8 Å². The quantitative estimate of drug-likeness (QED) is 0.572. The minimum Gasteiger partial charge on any atom is -0.493 e. The number of aromatic nitrogens is 4. The van der Waals surface area contributed by atoms with Crippen LogP contribution in [-0.4, -0.2) is 32.6 Å². The molecule has 0 aliphatic carbocycles. The number of hydrogen-bond donors (Lipinski definition) is 1. The fraction of sp³-hybridized carbons (Fsp3) is 0.143. The van der Waals surface area contributed by atoms with Crippen molar-refractivity contribution in [2.45, 2.75) is 6.92 Å². The predicted molar refractivity (Wildman–Crippen MR) is 79.6 cm³/mol. The van der Waals surface area contributed by atoms with E-state index >= 15 is 0 Å². The van der Waals surface area contributed by atoms with Gasteiger partial charge in [-0.25, -0.2) is 0 Å². The maximum absolute atomic E-state index is 5.53. The molecule has 7 nitrogen and oxygen atoms in total. The summed E-state index contributed by atoms with van der Waals surface area (Å²) < 4.78 is 7.11. The average Bonchev–Trinajstić information content (AvgIpc) is 2.97. The number of fused-ring (bicyclic) bond motifs is 1. The zero-order valence-electron chi connectivity index (χ0n) is 11.5. The van der Waals surface area contributed by atoms with Gasteiger partial charge in [-0.15, -0.1) is 15.3 Å². The van der Waals surface area contributed by atoms with Gasteiger partial charge in [-0.05, 0) is 31.2 Å². The number of anilines is 1. The number of hydrazone groups is 1. The first-order valence-electron chi connectivity index (χ1n) is 6.55. The number of nitrogens with one attached hydrogen (secondary N) is 1. The van der Waals surface area contributed by atoms with E-state index in [1.165, 1.54) is 6.33 Å². The van der Waals surface area contributed by atoms with Gasteiger partial charge in [-0.2, -0.15) is 9.62 Å².